The number of hydrogen-bond acceptors (Lipinski definition) is 2. The minimum Gasteiger partial charge on any atom is -0.337 e. The highest BCUT2D eigenvalue weighted by Crippen LogP contribution is 2.23. The average molecular weight is 307 g/mol. The first-order valence-corrected chi connectivity index (χ1v) is 8.09. The van der Waals surface area contributed by atoms with Gasteiger partial charge in [0.2, 0.25) is 0 Å². The Morgan fingerprint density at radius 1 is 1.15 bits per heavy atom. The molecule has 5 heteroatoms. The van der Waals surface area contributed by atoms with Crippen LogP contribution in [0.5, 0.6) is 0 Å². The molecule has 0 atom stereocenters. The zero-order valence-corrected chi connectivity index (χ0v) is 12.5. The third-order valence-corrected chi connectivity index (χ3v) is 4.65. The topological polar surface area (TPSA) is 25.2 Å². The van der Waals surface area contributed by atoms with Crippen molar-refractivity contribution < 1.29 is 4.79 Å². The number of thioether (sulfide) groups is 1. The molecule has 1 aliphatic rings. The van der Waals surface area contributed by atoms with E-state index in [1.807, 2.05) is 57.9 Å². The first kappa shape index (κ1) is 13.6. The van der Waals surface area contributed by atoms with Crippen molar-refractivity contribution >= 4 is 29.3 Å². The first-order chi connectivity index (χ1) is 9.75. The van der Waals surface area contributed by atoms with Crippen LogP contribution in [0.3, 0.4) is 0 Å². The van der Waals surface area contributed by atoms with Crippen LogP contribution in [0.15, 0.2) is 42.7 Å². The Balaban J connectivity index is 1.92. The maximum atomic E-state index is 12.6. The molecule has 1 aliphatic heterocycles. The van der Waals surface area contributed by atoms with E-state index in [-0.39, 0.29) is 5.91 Å². The molecule has 0 unspecified atom stereocenters. The molecule has 0 radical (unpaired) electrons. The normalized spacial score (nSPS) is 15.3. The van der Waals surface area contributed by atoms with E-state index < -0.39 is 0 Å². The average Bonchev–Trinajstić information content (AvgIpc) is 3.02. The highest BCUT2D eigenvalue weighted by molar-refractivity contribution is 7.99. The minimum atomic E-state index is 0.0318. The van der Waals surface area contributed by atoms with Gasteiger partial charge in [-0.3, -0.25) is 4.79 Å². The Bertz CT molecular complexity index is 606. The van der Waals surface area contributed by atoms with Gasteiger partial charge in [-0.05, 0) is 30.3 Å². The van der Waals surface area contributed by atoms with Crippen molar-refractivity contribution in [1.29, 1.82) is 0 Å². The molecular weight excluding hydrogens is 292 g/mol. The van der Waals surface area contributed by atoms with E-state index >= 15 is 0 Å². The smallest absolute Gasteiger partial charge is 0.255 e. The third kappa shape index (κ3) is 2.72. The summed E-state index contributed by atoms with van der Waals surface area (Å²) in [5, 5.41) is 0.518. The quantitative estimate of drug-likeness (QED) is 0.850. The maximum absolute atomic E-state index is 12.6. The summed E-state index contributed by atoms with van der Waals surface area (Å²) >= 11 is 8.10. The van der Waals surface area contributed by atoms with Crippen LogP contribution in [0.4, 0.5) is 0 Å². The predicted octanol–water partition coefficient (Wildman–Crippen LogP) is 3.32. The largest absolute Gasteiger partial charge is 0.337 e. The van der Waals surface area contributed by atoms with E-state index in [9.17, 15) is 4.79 Å². The predicted molar refractivity (Wildman–Crippen MR) is 84.0 cm³/mol. The summed E-state index contributed by atoms with van der Waals surface area (Å²) in [5.74, 6) is 2.03. The Kier molecular flexibility index (Phi) is 4.03. The molecule has 20 heavy (non-hydrogen) atoms. The molecule has 1 saturated heterocycles. The fraction of sp³-hybridized carbons (Fsp3) is 0.267. The number of aromatic nitrogens is 1. The highest BCUT2D eigenvalue weighted by Gasteiger charge is 2.21. The summed E-state index contributed by atoms with van der Waals surface area (Å²) in [6.07, 6.45) is 3.91. The van der Waals surface area contributed by atoms with E-state index in [0.29, 0.717) is 10.6 Å². The fourth-order valence-electron chi connectivity index (χ4n) is 2.28. The Morgan fingerprint density at radius 2 is 1.85 bits per heavy atom. The number of benzene rings is 1. The van der Waals surface area contributed by atoms with Gasteiger partial charge in [0.25, 0.3) is 5.91 Å². The van der Waals surface area contributed by atoms with Gasteiger partial charge in [0.1, 0.15) is 0 Å². The SMILES string of the molecule is O=C(c1cc(-n2cccc2)ccc1Cl)N1CCSCC1. The summed E-state index contributed by atoms with van der Waals surface area (Å²) in [5.41, 5.74) is 1.54. The number of amides is 1. The maximum Gasteiger partial charge on any atom is 0.255 e. The van der Waals surface area contributed by atoms with Crippen LogP contribution in [0.1, 0.15) is 10.4 Å². The number of halogens is 1. The lowest BCUT2D eigenvalue weighted by Gasteiger charge is -2.27. The molecule has 104 valence electrons. The van der Waals surface area contributed by atoms with E-state index in [0.717, 1.165) is 30.3 Å². The Morgan fingerprint density at radius 3 is 2.55 bits per heavy atom. The van der Waals surface area contributed by atoms with Gasteiger partial charge in [0.15, 0.2) is 0 Å². The zero-order chi connectivity index (χ0) is 13.9. The summed E-state index contributed by atoms with van der Waals surface area (Å²) in [6.45, 7) is 1.60. The second-order valence-electron chi connectivity index (χ2n) is 4.66. The molecule has 1 aromatic heterocycles. The molecule has 2 aromatic rings. The van der Waals surface area contributed by atoms with Gasteiger partial charge >= 0.3 is 0 Å². The molecule has 1 fully saturated rings. The molecule has 0 spiro atoms. The molecule has 0 aliphatic carbocycles. The van der Waals surface area contributed by atoms with E-state index in [1.165, 1.54) is 0 Å². The van der Waals surface area contributed by atoms with Crippen molar-refractivity contribution in [2.45, 2.75) is 0 Å². The first-order valence-electron chi connectivity index (χ1n) is 6.55. The summed E-state index contributed by atoms with van der Waals surface area (Å²) in [6, 6.07) is 9.50. The third-order valence-electron chi connectivity index (χ3n) is 3.38. The second-order valence-corrected chi connectivity index (χ2v) is 6.29. The number of rotatable bonds is 2. The Hall–Kier alpha value is -1.39. The lowest BCUT2D eigenvalue weighted by atomic mass is 10.1. The number of carbonyl (C=O) groups excluding carboxylic acids is 1. The van der Waals surface area contributed by atoms with Crippen molar-refractivity contribution in [3.63, 3.8) is 0 Å². The standard InChI is InChI=1S/C15H15ClN2OS/c16-14-4-3-12(17-5-1-2-6-17)11-13(14)15(19)18-7-9-20-10-8-18/h1-6,11H,7-10H2. The van der Waals surface area contributed by atoms with Crippen molar-refractivity contribution in [3.05, 3.63) is 53.3 Å². The summed E-state index contributed by atoms with van der Waals surface area (Å²) in [7, 11) is 0. The second kappa shape index (κ2) is 5.94. The van der Waals surface area contributed by atoms with E-state index in [2.05, 4.69) is 0 Å². The van der Waals surface area contributed by atoms with Gasteiger partial charge in [-0.1, -0.05) is 11.6 Å². The molecule has 3 rings (SSSR count). The minimum absolute atomic E-state index is 0.0318. The van der Waals surface area contributed by atoms with Crippen LogP contribution in [0.25, 0.3) is 5.69 Å². The van der Waals surface area contributed by atoms with Crippen molar-refractivity contribution in [2.24, 2.45) is 0 Å². The van der Waals surface area contributed by atoms with Gasteiger partial charge in [0, 0.05) is 42.7 Å². The molecule has 1 aromatic carbocycles. The van der Waals surface area contributed by atoms with Crippen LogP contribution >= 0.6 is 23.4 Å². The molecule has 3 nitrogen and oxygen atoms in total. The molecular formula is C15H15ClN2OS. The van der Waals surface area contributed by atoms with Crippen molar-refractivity contribution in [1.82, 2.24) is 9.47 Å². The monoisotopic (exact) mass is 306 g/mol. The lowest BCUT2D eigenvalue weighted by Crippen LogP contribution is -2.38. The number of hydrogen-bond donors (Lipinski definition) is 0. The summed E-state index contributed by atoms with van der Waals surface area (Å²) < 4.78 is 1.97. The summed E-state index contributed by atoms with van der Waals surface area (Å²) in [4.78, 5) is 14.5. The molecule has 1 amide bonds. The van der Waals surface area contributed by atoms with Crippen LogP contribution < -0.4 is 0 Å². The van der Waals surface area contributed by atoms with Gasteiger partial charge in [0.05, 0.1) is 10.6 Å². The molecule has 0 bridgehead atoms. The van der Waals surface area contributed by atoms with Gasteiger partial charge in [-0.25, -0.2) is 0 Å². The lowest BCUT2D eigenvalue weighted by molar-refractivity contribution is 0.0772. The zero-order valence-electron chi connectivity index (χ0n) is 11.0. The number of carbonyl (C=O) groups is 1. The highest BCUT2D eigenvalue weighted by atomic mass is 35.5. The van der Waals surface area contributed by atoms with Gasteiger partial charge < -0.3 is 9.47 Å². The molecule has 0 saturated carbocycles. The van der Waals surface area contributed by atoms with Crippen LogP contribution in [0, 0.1) is 0 Å². The van der Waals surface area contributed by atoms with Crippen LogP contribution in [-0.2, 0) is 0 Å². The number of nitrogens with zero attached hydrogens (tertiary/aromatic N) is 2. The van der Waals surface area contributed by atoms with Crippen molar-refractivity contribution in [3.8, 4) is 5.69 Å². The Labute approximate surface area is 127 Å². The fourth-order valence-corrected chi connectivity index (χ4v) is 3.38. The van der Waals surface area contributed by atoms with E-state index in [4.69, 9.17) is 11.6 Å². The van der Waals surface area contributed by atoms with Gasteiger partial charge in [-0.15, -0.1) is 0 Å². The van der Waals surface area contributed by atoms with Crippen LogP contribution in [0.2, 0.25) is 5.02 Å². The van der Waals surface area contributed by atoms with E-state index in [1.54, 1.807) is 6.07 Å². The molecule has 0 N–H and O–H groups in total. The van der Waals surface area contributed by atoms with Crippen LogP contribution in [-0.4, -0.2) is 40.0 Å². The molecule has 2 heterocycles. The van der Waals surface area contributed by atoms with Crippen molar-refractivity contribution in [2.75, 3.05) is 24.6 Å². The van der Waals surface area contributed by atoms with Gasteiger partial charge in [-0.2, -0.15) is 11.8 Å².